The number of aryl methyl sites for hydroxylation is 1. The summed E-state index contributed by atoms with van der Waals surface area (Å²) in [5, 5.41) is 16.7. The first-order valence-electron chi connectivity index (χ1n) is 12.8. The molecule has 1 aromatic heterocycles. The fourth-order valence-corrected chi connectivity index (χ4v) is 5.54. The molecule has 9 heteroatoms. The maximum Gasteiger partial charge on any atom is 0.271 e. The van der Waals surface area contributed by atoms with Crippen LogP contribution in [0.4, 0.5) is 5.69 Å². The van der Waals surface area contributed by atoms with Crippen molar-refractivity contribution in [2.75, 3.05) is 38.1 Å². The molecule has 0 bridgehead atoms. The van der Waals surface area contributed by atoms with Crippen molar-refractivity contribution in [3.05, 3.63) is 76.4 Å². The number of piperidine rings is 1. The molecular formula is C28H33ClN6O2. The molecule has 3 aliphatic rings. The van der Waals surface area contributed by atoms with Gasteiger partial charge in [0.2, 0.25) is 0 Å². The molecule has 0 radical (unpaired) electrons. The lowest BCUT2D eigenvalue weighted by Crippen LogP contribution is -2.43. The fraction of sp³-hybridized carbons (Fsp3) is 0.429. The van der Waals surface area contributed by atoms with Crippen LogP contribution in [-0.2, 0) is 16.6 Å². The van der Waals surface area contributed by atoms with Gasteiger partial charge in [-0.2, -0.15) is 5.26 Å². The molecule has 2 fully saturated rings. The van der Waals surface area contributed by atoms with Crippen LogP contribution in [0.15, 0.2) is 60.1 Å². The number of carbonyl (C=O) groups is 1. The summed E-state index contributed by atoms with van der Waals surface area (Å²) in [5.74, 6) is 0.452. The summed E-state index contributed by atoms with van der Waals surface area (Å²) in [7, 11) is 4.07. The van der Waals surface area contributed by atoms with E-state index in [-0.39, 0.29) is 24.1 Å². The van der Waals surface area contributed by atoms with Crippen molar-refractivity contribution in [3.63, 3.8) is 0 Å². The van der Waals surface area contributed by atoms with Gasteiger partial charge in [-0.25, -0.2) is 0 Å². The van der Waals surface area contributed by atoms with E-state index in [4.69, 9.17) is 16.3 Å². The number of likely N-dealkylation sites (tertiary alicyclic amines) is 1. The molecule has 37 heavy (non-hydrogen) atoms. The fourth-order valence-electron chi connectivity index (χ4n) is 5.37. The van der Waals surface area contributed by atoms with Crippen molar-refractivity contribution in [1.29, 1.82) is 5.26 Å². The zero-order valence-electron chi connectivity index (χ0n) is 21.3. The Balaban J connectivity index is 1.30. The predicted octanol–water partition coefficient (Wildman–Crippen LogP) is 3.47. The van der Waals surface area contributed by atoms with Crippen LogP contribution in [0.1, 0.15) is 36.6 Å². The van der Waals surface area contributed by atoms with E-state index in [1.54, 1.807) is 6.07 Å². The predicted molar refractivity (Wildman–Crippen MR) is 144 cm³/mol. The Morgan fingerprint density at radius 3 is 2.68 bits per heavy atom. The number of likely N-dealkylation sites (N-methyl/N-ethyl adjacent to an activating group) is 1. The second-order valence-corrected chi connectivity index (χ2v) is 10.5. The molecule has 4 heterocycles. The number of anilines is 1. The maximum absolute atomic E-state index is 13.4. The van der Waals surface area contributed by atoms with Gasteiger partial charge in [0.25, 0.3) is 5.91 Å². The van der Waals surface area contributed by atoms with Gasteiger partial charge in [0.15, 0.2) is 0 Å². The standard InChI is InChI=1S/C28H33ClN6O2/c1-33-13-9-21(18-33)31-28(36)27-26(8-6-23(32-27)25-4-3-12-34(25)2)37-22-10-14-35(15-11-22)24-7-5-20(29)16-19(24)17-30/h3-8,12,16,21-23,32H,9-11,13-15,18H2,1-2H3,(H,31,36)/t21-,23?/m1/s1. The highest BCUT2D eigenvalue weighted by atomic mass is 35.5. The molecule has 1 unspecified atom stereocenters. The number of dihydropyridines is 1. The van der Waals surface area contributed by atoms with Crippen LogP contribution < -0.4 is 15.5 Å². The highest BCUT2D eigenvalue weighted by Crippen LogP contribution is 2.30. The van der Waals surface area contributed by atoms with E-state index in [2.05, 4.69) is 44.2 Å². The van der Waals surface area contributed by atoms with Crippen molar-refractivity contribution in [2.24, 2.45) is 7.05 Å². The van der Waals surface area contributed by atoms with E-state index in [9.17, 15) is 10.1 Å². The average molecular weight is 521 g/mol. The largest absolute Gasteiger partial charge is 0.488 e. The lowest BCUT2D eigenvalue weighted by Gasteiger charge is -2.35. The van der Waals surface area contributed by atoms with E-state index in [1.165, 1.54) is 0 Å². The van der Waals surface area contributed by atoms with Gasteiger partial charge >= 0.3 is 0 Å². The summed E-state index contributed by atoms with van der Waals surface area (Å²) in [4.78, 5) is 17.9. The van der Waals surface area contributed by atoms with E-state index in [0.717, 1.165) is 56.8 Å². The number of amides is 1. The minimum absolute atomic E-state index is 0.0254. The number of hydrogen-bond donors (Lipinski definition) is 2. The number of carbonyl (C=O) groups excluding carboxylic acids is 1. The van der Waals surface area contributed by atoms with E-state index in [1.807, 2.05) is 43.6 Å². The molecule has 0 aliphatic carbocycles. The Labute approximate surface area is 223 Å². The monoisotopic (exact) mass is 520 g/mol. The number of allylic oxidation sites excluding steroid dienone is 1. The molecule has 3 aliphatic heterocycles. The summed E-state index contributed by atoms with van der Waals surface area (Å²) >= 11 is 6.07. The summed E-state index contributed by atoms with van der Waals surface area (Å²) in [6.45, 7) is 3.34. The Morgan fingerprint density at radius 2 is 2.00 bits per heavy atom. The molecule has 2 atom stereocenters. The lowest BCUT2D eigenvalue weighted by molar-refractivity contribution is -0.118. The van der Waals surface area contributed by atoms with Crippen molar-refractivity contribution < 1.29 is 9.53 Å². The Morgan fingerprint density at radius 1 is 1.19 bits per heavy atom. The van der Waals surface area contributed by atoms with Crippen molar-refractivity contribution >= 4 is 23.2 Å². The van der Waals surface area contributed by atoms with Crippen LogP contribution in [-0.4, -0.2) is 60.7 Å². The third kappa shape index (κ3) is 5.63. The van der Waals surface area contributed by atoms with Crippen LogP contribution >= 0.6 is 11.6 Å². The number of ether oxygens (including phenoxy) is 1. The molecule has 2 aromatic rings. The second-order valence-electron chi connectivity index (χ2n) is 10.1. The van der Waals surface area contributed by atoms with Gasteiger partial charge in [0.1, 0.15) is 23.6 Å². The minimum atomic E-state index is -0.129. The molecule has 1 amide bonds. The first-order valence-corrected chi connectivity index (χ1v) is 13.2. The highest BCUT2D eigenvalue weighted by molar-refractivity contribution is 6.30. The van der Waals surface area contributed by atoms with Gasteiger partial charge < -0.3 is 29.7 Å². The molecule has 5 rings (SSSR count). The smallest absolute Gasteiger partial charge is 0.271 e. The molecule has 1 aromatic carbocycles. The Bertz CT molecular complexity index is 1250. The molecule has 0 saturated carbocycles. The van der Waals surface area contributed by atoms with Crippen LogP contribution in [0.5, 0.6) is 0 Å². The van der Waals surface area contributed by atoms with Gasteiger partial charge in [-0.3, -0.25) is 4.79 Å². The van der Waals surface area contributed by atoms with E-state index in [0.29, 0.717) is 22.0 Å². The van der Waals surface area contributed by atoms with Crippen molar-refractivity contribution in [3.8, 4) is 6.07 Å². The third-order valence-corrected chi connectivity index (χ3v) is 7.63. The Hall–Kier alpha value is -3.41. The van der Waals surface area contributed by atoms with Gasteiger partial charge in [0.05, 0.1) is 17.3 Å². The van der Waals surface area contributed by atoms with Gasteiger partial charge in [-0.05, 0) is 56.4 Å². The number of rotatable bonds is 6. The van der Waals surface area contributed by atoms with Crippen molar-refractivity contribution in [2.45, 2.75) is 37.5 Å². The van der Waals surface area contributed by atoms with Crippen LogP contribution in [0.3, 0.4) is 0 Å². The van der Waals surface area contributed by atoms with Gasteiger partial charge in [0, 0.05) is 62.5 Å². The van der Waals surface area contributed by atoms with E-state index < -0.39 is 0 Å². The quantitative estimate of drug-likeness (QED) is 0.606. The topological polar surface area (TPSA) is 85.6 Å². The normalized spacial score (nSPS) is 22.6. The molecule has 2 N–H and O–H groups in total. The SMILES string of the molecule is CN1CC[C@@H](NC(=O)C2=C(OC3CCN(c4ccc(Cl)cc4C#N)CC3)C=CC(c3cccn3C)N2)C1. The zero-order valence-corrected chi connectivity index (χ0v) is 22.0. The number of nitrogens with zero attached hydrogens (tertiary/aromatic N) is 4. The first-order chi connectivity index (χ1) is 17.9. The Kier molecular flexibility index (Phi) is 7.45. The molecule has 8 nitrogen and oxygen atoms in total. The number of hydrogen-bond acceptors (Lipinski definition) is 6. The van der Waals surface area contributed by atoms with Crippen LogP contribution in [0.25, 0.3) is 0 Å². The number of benzene rings is 1. The summed E-state index contributed by atoms with van der Waals surface area (Å²) in [5.41, 5.74) is 3.04. The molecule has 2 saturated heterocycles. The molecule has 194 valence electrons. The lowest BCUT2D eigenvalue weighted by atomic mass is 10.0. The summed E-state index contributed by atoms with van der Waals surface area (Å²) in [6.07, 6.45) is 8.47. The maximum atomic E-state index is 13.4. The van der Waals surface area contributed by atoms with Gasteiger partial charge in [-0.15, -0.1) is 0 Å². The van der Waals surface area contributed by atoms with Crippen molar-refractivity contribution in [1.82, 2.24) is 20.1 Å². The van der Waals surface area contributed by atoms with Crippen LogP contribution in [0.2, 0.25) is 5.02 Å². The molecular weight excluding hydrogens is 488 g/mol. The number of nitrogens with one attached hydrogen (secondary N) is 2. The first kappa shape index (κ1) is 25.2. The van der Waals surface area contributed by atoms with E-state index >= 15 is 0 Å². The summed E-state index contributed by atoms with van der Waals surface area (Å²) < 4.78 is 8.50. The summed E-state index contributed by atoms with van der Waals surface area (Å²) in [6, 6.07) is 11.8. The highest BCUT2D eigenvalue weighted by Gasteiger charge is 2.30. The second kappa shape index (κ2) is 10.9. The minimum Gasteiger partial charge on any atom is -0.488 e. The average Bonchev–Trinajstić information content (AvgIpc) is 3.52. The molecule has 0 spiro atoms. The van der Waals surface area contributed by atoms with Crippen LogP contribution in [0, 0.1) is 11.3 Å². The number of halogens is 1. The third-order valence-electron chi connectivity index (χ3n) is 7.40. The zero-order chi connectivity index (χ0) is 25.9. The number of nitriles is 1. The van der Waals surface area contributed by atoms with Gasteiger partial charge in [-0.1, -0.05) is 17.7 Å². The number of aromatic nitrogens is 1.